The van der Waals surface area contributed by atoms with Gasteiger partial charge in [0.25, 0.3) is 0 Å². The van der Waals surface area contributed by atoms with Crippen molar-refractivity contribution in [2.24, 2.45) is 11.8 Å². The van der Waals surface area contributed by atoms with Crippen LogP contribution in [0.3, 0.4) is 0 Å². The van der Waals surface area contributed by atoms with Gasteiger partial charge in [0.15, 0.2) is 8.32 Å². The third-order valence-corrected chi connectivity index (χ3v) is 9.55. The van der Waals surface area contributed by atoms with Crippen molar-refractivity contribution < 1.29 is 54.0 Å². The number of fused-ring (bicyclic) bond motifs is 2. The molecule has 4 atom stereocenters. The number of ether oxygens (including phenoxy) is 1. The number of halogens is 1. The van der Waals surface area contributed by atoms with Crippen molar-refractivity contribution >= 4 is 14.3 Å². The Morgan fingerprint density at radius 2 is 1.81 bits per heavy atom. The van der Waals surface area contributed by atoms with Crippen molar-refractivity contribution in [3.63, 3.8) is 0 Å². The Balaban J connectivity index is 0.00000200. The van der Waals surface area contributed by atoms with E-state index in [1.165, 1.54) is 6.92 Å². The standard InChI is InChI=1S/C15H27O3Si.ClH.Hg/c1-10(16)17-13-8-12-7-11(13)9-14(12)18-19(5,6)15(2,3)4;;/h8,11-14H,7,9H2,1-6H3;1H;/q;;+1/p-1/t11-,12-,13+,14-;;/m1../s1. The monoisotopic (exact) mass is 520 g/mol. The van der Waals surface area contributed by atoms with Gasteiger partial charge in [0.05, 0.1) is 0 Å². The first-order valence-electron chi connectivity index (χ1n) is 7.30. The molecule has 118 valence electrons. The normalized spacial score (nSPS) is 31.3. The van der Waals surface area contributed by atoms with Gasteiger partial charge in [0.2, 0.25) is 0 Å². The molecular formula is C15H27ClHgO3Si. The van der Waals surface area contributed by atoms with Crippen LogP contribution in [0, 0.1) is 18.3 Å². The van der Waals surface area contributed by atoms with Crippen LogP contribution >= 0.6 is 0 Å². The van der Waals surface area contributed by atoms with Gasteiger partial charge >= 0.3 is 33.6 Å². The first-order valence-corrected chi connectivity index (χ1v) is 10.2. The van der Waals surface area contributed by atoms with Gasteiger partial charge in [-0.3, -0.25) is 4.79 Å². The van der Waals surface area contributed by atoms with Gasteiger partial charge in [-0.25, -0.2) is 0 Å². The van der Waals surface area contributed by atoms with E-state index in [0.29, 0.717) is 17.9 Å². The van der Waals surface area contributed by atoms with E-state index < -0.39 is 8.32 Å². The predicted molar refractivity (Wildman–Crippen MR) is 78.1 cm³/mol. The Morgan fingerprint density at radius 3 is 2.19 bits per heavy atom. The van der Waals surface area contributed by atoms with Gasteiger partial charge in [0.1, 0.15) is 6.10 Å². The van der Waals surface area contributed by atoms with Crippen molar-refractivity contribution in [2.45, 2.75) is 70.9 Å². The van der Waals surface area contributed by atoms with Crippen LogP contribution in [0.2, 0.25) is 18.1 Å². The molecular weight excluding hydrogens is 492 g/mol. The molecule has 0 N–H and O–H groups in total. The van der Waals surface area contributed by atoms with Crippen molar-refractivity contribution in [1.29, 1.82) is 0 Å². The fraction of sp³-hybridized carbons (Fsp3) is 0.867. The molecule has 21 heavy (non-hydrogen) atoms. The summed E-state index contributed by atoms with van der Waals surface area (Å²) in [5.41, 5.74) is 0. The summed E-state index contributed by atoms with van der Waals surface area (Å²) in [5, 5.41) is 0.254. The van der Waals surface area contributed by atoms with E-state index in [-0.39, 0.29) is 57.2 Å². The smallest absolute Gasteiger partial charge is 1.00 e. The summed E-state index contributed by atoms with van der Waals surface area (Å²) in [4.78, 5) is 11.1. The van der Waals surface area contributed by atoms with E-state index in [2.05, 4.69) is 40.3 Å². The molecule has 2 saturated carbocycles. The van der Waals surface area contributed by atoms with Gasteiger partial charge in [-0.05, 0) is 42.8 Å². The summed E-state index contributed by atoms with van der Waals surface area (Å²) in [6.45, 7) is 12.9. The number of hydrogen-bond acceptors (Lipinski definition) is 3. The maximum absolute atomic E-state index is 11.1. The molecule has 0 heterocycles. The zero-order valence-corrected chi connectivity index (χ0v) is 21.4. The molecule has 6 heteroatoms. The summed E-state index contributed by atoms with van der Waals surface area (Å²) < 4.78 is 11.9. The van der Waals surface area contributed by atoms with Crippen molar-refractivity contribution in [3.05, 3.63) is 6.42 Å². The number of carbonyl (C=O) groups excluding carboxylic acids is 1. The third kappa shape index (κ3) is 4.92. The number of hydrogen-bond donors (Lipinski definition) is 0. The predicted octanol–water partition coefficient (Wildman–Crippen LogP) is 0.554. The van der Waals surface area contributed by atoms with Crippen LogP contribution in [-0.4, -0.2) is 26.5 Å². The zero-order chi connectivity index (χ0) is 14.4. The Hall–Kier alpha value is 0.872. The van der Waals surface area contributed by atoms with Crippen LogP contribution in [0.15, 0.2) is 0 Å². The second-order valence-corrected chi connectivity index (χ2v) is 12.3. The molecule has 2 aliphatic carbocycles. The molecule has 0 unspecified atom stereocenters. The van der Waals surface area contributed by atoms with Crippen LogP contribution in [-0.2, 0) is 41.6 Å². The zero-order valence-electron chi connectivity index (χ0n) is 14.1. The maximum Gasteiger partial charge on any atom is 1.00 e. The maximum atomic E-state index is 11.1. The van der Waals surface area contributed by atoms with Crippen LogP contribution in [0.1, 0.15) is 40.5 Å². The first kappa shape index (κ1) is 21.9. The molecule has 2 rings (SSSR count). The largest absolute Gasteiger partial charge is 1.00 e. The number of rotatable bonds is 3. The van der Waals surface area contributed by atoms with Gasteiger partial charge in [-0.15, -0.1) is 0 Å². The molecule has 0 aromatic carbocycles. The van der Waals surface area contributed by atoms with E-state index in [9.17, 15) is 4.79 Å². The Morgan fingerprint density at radius 1 is 1.24 bits per heavy atom. The average molecular weight is 520 g/mol. The summed E-state index contributed by atoms with van der Waals surface area (Å²) in [6, 6.07) is 0. The molecule has 3 nitrogen and oxygen atoms in total. The molecule has 0 spiro atoms. The third-order valence-electron chi connectivity index (χ3n) is 5.04. The Kier molecular flexibility index (Phi) is 7.94. The SMILES string of the molecule is CC(=O)O[C@H]1[CH][C@H]2C[C@@H]1C[C@H]2O[Si](C)(C)C(C)(C)C.[Cl-].[Hg+]. The topological polar surface area (TPSA) is 35.5 Å². The van der Waals surface area contributed by atoms with Crippen LogP contribution < -0.4 is 12.4 Å². The number of carbonyl (C=O) groups is 1. The fourth-order valence-corrected chi connectivity index (χ4v) is 4.34. The minimum atomic E-state index is -1.69. The molecule has 0 amide bonds. The summed E-state index contributed by atoms with van der Waals surface area (Å²) >= 11 is 0. The van der Waals surface area contributed by atoms with Gasteiger partial charge in [-0.1, -0.05) is 20.8 Å². The van der Waals surface area contributed by atoms with Crippen LogP contribution in [0.25, 0.3) is 0 Å². The van der Waals surface area contributed by atoms with Gasteiger partial charge < -0.3 is 21.6 Å². The molecule has 0 aliphatic heterocycles. The minimum absolute atomic E-state index is 0. The van der Waals surface area contributed by atoms with Gasteiger partial charge in [-0.2, -0.15) is 0 Å². The Labute approximate surface area is 157 Å². The van der Waals surface area contributed by atoms with Crippen molar-refractivity contribution in [1.82, 2.24) is 0 Å². The van der Waals surface area contributed by atoms with Gasteiger partial charge in [0, 0.05) is 19.4 Å². The summed E-state index contributed by atoms with van der Waals surface area (Å²) in [7, 11) is -1.69. The summed E-state index contributed by atoms with van der Waals surface area (Å²) in [6.07, 6.45) is 4.75. The van der Waals surface area contributed by atoms with Crippen LogP contribution in [0.5, 0.6) is 0 Å². The average Bonchev–Trinajstić information content (AvgIpc) is 2.73. The van der Waals surface area contributed by atoms with E-state index in [1.807, 2.05) is 0 Å². The van der Waals surface area contributed by atoms with Crippen LogP contribution in [0.4, 0.5) is 0 Å². The molecule has 2 aliphatic rings. The molecule has 0 aromatic heterocycles. The quantitative estimate of drug-likeness (QED) is 0.404. The van der Waals surface area contributed by atoms with E-state index in [4.69, 9.17) is 9.16 Å². The second-order valence-electron chi connectivity index (χ2n) is 7.58. The number of esters is 1. The fourth-order valence-electron chi connectivity index (χ4n) is 2.96. The second kappa shape index (κ2) is 7.63. The molecule has 0 aromatic rings. The Bertz CT molecular complexity index is 370. The molecule has 2 bridgehead atoms. The first-order chi connectivity index (χ1) is 8.60. The van der Waals surface area contributed by atoms with E-state index >= 15 is 0 Å². The minimum Gasteiger partial charge on any atom is -1.00 e. The molecule has 2 fully saturated rings. The molecule has 2 radical (unpaired) electrons. The van der Waals surface area contributed by atoms with E-state index in [1.54, 1.807) is 0 Å². The van der Waals surface area contributed by atoms with E-state index in [0.717, 1.165) is 12.8 Å². The van der Waals surface area contributed by atoms with Crippen molar-refractivity contribution in [3.8, 4) is 0 Å². The molecule has 0 saturated heterocycles. The van der Waals surface area contributed by atoms with Crippen molar-refractivity contribution in [2.75, 3.05) is 0 Å². The summed E-state index contributed by atoms with van der Waals surface area (Å²) in [5.74, 6) is 0.780.